The van der Waals surface area contributed by atoms with Crippen molar-refractivity contribution in [3.05, 3.63) is 40.9 Å². The molecule has 1 aliphatic heterocycles. The Labute approximate surface area is 110 Å². The summed E-state index contributed by atoms with van der Waals surface area (Å²) in [5, 5.41) is 8.74. The van der Waals surface area contributed by atoms with Crippen LogP contribution < -0.4 is 5.73 Å². The van der Waals surface area contributed by atoms with Crippen LogP contribution in [0.1, 0.15) is 11.4 Å². The molecule has 0 fully saturated rings. The Morgan fingerprint density at radius 1 is 1.33 bits per heavy atom. The predicted molar refractivity (Wildman–Crippen MR) is 70.0 cm³/mol. The normalized spacial score (nSPS) is 15.6. The first-order valence-electron chi connectivity index (χ1n) is 5.85. The molecule has 0 unspecified atom stereocenters. The minimum atomic E-state index is 0.722. The van der Waals surface area contributed by atoms with Crippen molar-refractivity contribution in [2.75, 3.05) is 12.3 Å². The lowest BCUT2D eigenvalue weighted by Crippen LogP contribution is -2.33. The summed E-state index contributed by atoms with van der Waals surface area (Å²) in [7, 11) is 0. The molecule has 1 aliphatic rings. The zero-order valence-corrected chi connectivity index (χ0v) is 10.6. The number of benzene rings is 1. The Morgan fingerprint density at radius 2 is 2.22 bits per heavy atom. The summed E-state index contributed by atoms with van der Waals surface area (Å²) >= 11 is 6.00. The zero-order valence-electron chi connectivity index (χ0n) is 9.88. The minimum absolute atomic E-state index is 0.722. The van der Waals surface area contributed by atoms with Crippen molar-refractivity contribution in [3.8, 4) is 0 Å². The number of rotatable bonds is 2. The number of aromatic nitrogens is 3. The van der Waals surface area contributed by atoms with Gasteiger partial charge in [0.1, 0.15) is 12.2 Å². The average Bonchev–Trinajstić information content (AvgIpc) is 2.81. The van der Waals surface area contributed by atoms with E-state index in [1.54, 1.807) is 6.33 Å². The molecule has 2 heterocycles. The van der Waals surface area contributed by atoms with Crippen molar-refractivity contribution in [2.24, 2.45) is 0 Å². The standard InChI is InChI=1S/C12H14ClN5/c13-10-1-2-11(14)9(5-10)6-17-3-4-18-8-15-16-12(18)7-17/h1-2,5,8H,3-4,6-7,14H2. The fourth-order valence-corrected chi connectivity index (χ4v) is 2.40. The molecule has 0 saturated heterocycles. The third-order valence-electron chi connectivity index (χ3n) is 3.22. The van der Waals surface area contributed by atoms with Crippen LogP contribution in [0.3, 0.4) is 0 Å². The largest absolute Gasteiger partial charge is 0.398 e. The van der Waals surface area contributed by atoms with Gasteiger partial charge in [-0.3, -0.25) is 4.90 Å². The molecule has 0 radical (unpaired) electrons. The summed E-state index contributed by atoms with van der Waals surface area (Å²) in [5.41, 5.74) is 7.81. The van der Waals surface area contributed by atoms with E-state index in [0.29, 0.717) is 0 Å². The Morgan fingerprint density at radius 3 is 3.11 bits per heavy atom. The Hall–Kier alpha value is -1.59. The number of nitrogens with two attached hydrogens (primary N) is 1. The quantitative estimate of drug-likeness (QED) is 0.835. The average molecular weight is 264 g/mol. The fraction of sp³-hybridized carbons (Fsp3) is 0.333. The number of halogens is 1. The molecule has 0 bridgehead atoms. The van der Waals surface area contributed by atoms with Crippen molar-refractivity contribution in [1.29, 1.82) is 0 Å². The van der Waals surface area contributed by atoms with Gasteiger partial charge in [0.25, 0.3) is 0 Å². The van der Waals surface area contributed by atoms with Gasteiger partial charge in [0, 0.05) is 30.3 Å². The lowest BCUT2D eigenvalue weighted by Gasteiger charge is -2.27. The molecular formula is C12H14ClN5. The van der Waals surface area contributed by atoms with Crippen LogP contribution >= 0.6 is 11.6 Å². The highest BCUT2D eigenvalue weighted by molar-refractivity contribution is 6.30. The smallest absolute Gasteiger partial charge is 0.147 e. The van der Waals surface area contributed by atoms with Gasteiger partial charge in [0.05, 0.1) is 6.54 Å². The van der Waals surface area contributed by atoms with Gasteiger partial charge in [-0.15, -0.1) is 10.2 Å². The minimum Gasteiger partial charge on any atom is -0.398 e. The molecule has 0 amide bonds. The molecule has 2 aromatic rings. The van der Waals surface area contributed by atoms with Crippen LogP contribution in [0.4, 0.5) is 5.69 Å². The Bertz CT molecular complexity index is 565. The van der Waals surface area contributed by atoms with Gasteiger partial charge >= 0.3 is 0 Å². The third-order valence-corrected chi connectivity index (χ3v) is 3.45. The van der Waals surface area contributed by atoms with Gasteiger partial charge in [-0.1, -0.05) is 11.6 Å². The Kier molecular flexibility index (Phi) is 2.93. The first kappa shape index (κ1) is 11.5. The van der Waals surface area contributed by atoms with Crippen LogP contribution in [0.2, 0.25) is 5.02 Å². The summed E-state index contributed by atoms with van der Waals surface area (Å²) in [6.07, 6.45) is 1.78. The maximum absolute atomic E-state index is 6.00. The molecule has 2 N–H and O–H groups in total. The summed E-state index contributed by atoms with van der Waals surface area (Å²) < 4.78 is 2.08. The topological polar surface area (TPSA) is 60.0 Å². The molecule has 5 nitrogen and oxygen atoms in total. The van der Waals surface area contributed by atoms with Gasteiger partial charge < -0.3 is 10.3 Å². The summed E-state index contributed by atoms with van der Waals surface area (Å²) in [6.45, 7) is 3.48. The highest BCUT2D eigenvalue weighted by Gasteiger charge is 2.18. The molecule has 0 atom stereocenters. The van der Waals surface area contributed by atoms with Crippen LogP contribution in [0.5, 0.6) is 0 Å². The van der Waals surface area contributed by atoms with E-state index in [-0.39, 0.29) is 0 Å². The van der Waals surface area contributed by atoms with Crippen molar-refractivity contribution in [1.82, 2.24) is 19.7 Å². The van der Waals surface area contributed by atoms with Gasteiger partial charge in [-0.05, 0) is 23.8 Å². The molecule has 0 aliphatic carbocycles. The number of hydrogen-bond acceptors (Lipinski definition) is 4. The molecule has 1 aromatic carbocycles. The highest BCUT2D eigenvalue weighted by Crippen LogP contribution is 2.21. The lowest BCUT2D eigenvalue weighted by atomic mass is 10.1. The molecule has 0 spiro atoms. The third kappa shape index (κ3) is 2.19. The molecule has 0 saturated carbocycles. The first-order chi connectivity index (χ1) is 8.72. The van der Waals surface area contributed by atoms with Crippen molar-refractivity contribution in [3.63, 3.8) is 0 Å². The zero-order chi connectivity index (χ0) is 12.5. The summed E-state index contributed by atoms with van der Waals surface area (Å²) in [5.74, 6) is 1.00. The fourth-order valence-electron chi connectivity index (χ4n) is 2.20. The van der Waals surface area contributed by atoms with E-state index in [2.05, 4.69) is 19.7 Å². The van der Waals surface area contributed by atoms with Gasteiger partial charge in [0.15, 0.2) is 0 Å². The molecule has 1 aromatic heterocycles. The molecule has 18 heavy (non-hydrogen) atoms. The van der Waals surface area contributed by atoms with E-state index in [1.807, 2.05) is 18.2 Å². The Balaban J connectivity index is 1.76. The number of nitrogens with zero attached hydrogens (tertiary/aromatic N) is 4. The lowest BCUT2D eigenvalue weighted by molar-refractivity contribution is 0.209. The number of hydrogen-bond donors (Lipinski definition) is 1. The van der Waals surface area contributed by atoms with Crippen LogP contribution in [0.15, 0.2) is 24.5 Å². The van der Waals surface area contributed by atoms with E-state index in [0.717, 1.165) is 48.3 Å². The van der Waals surface area contributed by atoms with Crippen LogP contribution in [-0.2, 0) is 19.6 Å². The van der Waals surface area contributed by atoms with Crippen molar-refractivity contribution < 1.29 is 0 Å². The summed E-state index contributed by atoms with van der Waals surface area (Å²) in [4.78, 5) is 2.30. The molecule has 6 heteroatoms. The molecular weight excluding hydrogens is 250 g/mol. The highest BCUT2D eigenvalue weighted by atomic mass is 35.5. The first-order valence-corrected chi connectivity index (χ1v) is 6.23. The van der Waals surface area contributed by atoms with E-state index < -0.39 is 0 Å². The molecule has 94 valence electrons. The summed E-state index contributed by atoms with van der Waals surface area (Å²) in [6, 6.07) is 5.59. The van der Waals surface area contributed by atoms with Crippen molar-refractivity contribution >= 4 is 17.3 Å². The second kappa shape index (κ2) is 4.59. The van der Waals surface area contributed by atoms with Crippen LogP contribution in [0, 0.1) is 0 Å². The number of nitrogen functional groups attached to an aromatic ring is 1. The van der Waals surface area contributed by atoms with Gasteiger partial charge in [0.2, 0.25) is 0 Å². The number of anilines is 1. The monoisotopic (exact) mass is 263 g/mol. The van der Waals surface area contributed by atoms with Crippen LogP contribution in [-0.4, -0.2) is 26.2 Å². The van der Waals surface area contributed by atoms with E-state index in [4.69, 9.17) is 17.3 Å². The van der Waals surface area contributed by atoms with E-state index in [1.165, 1.54) is 0 Å². The second-order valence-corrected chi connectivity index (χ2v) is 4.93. The number of fused-ring (bicyclic) bond motifs is 1. The molecule has 3 rings (SSSR count). The van der Waals surface area contributed by atoms with Crippen LogP contribution in [0.25, 0.3) is 0 Å². The van der Waals surface area contributed by atoms with Gasteiger partial charge in [-0.2, -0.15) is 0 Å². The predicted octanol–water partition coefficient (Wildman–Crippen LogP) is 1.53. The van der Waals surface area contributed by atoms with E-state index in [9.17, 15) is 0 Å². The van der Waals surface area contributed by atoms with Gasteiger partial charge in [-0.25, -0.2) is 0 Å². The van der Waals surface area contributed by atoms with Crippen molar-refractivity contribution in [2.45, 2.75) is 19.6 Å². The maximum atomic E-state index is 6.00. The maximum Gasteiger partial charge on any atom is 0.147 e. The second-order valence-electron chi connectivity index (χ2n) is 4.49. The van der Waals surface area contributed by atoms with E-state index >= 15 is 0 Å². The SMILES string of the molecule is Nc1ccc(Cl)cc1CN1CCn2cnnc2C1.